The predicted molar refractivity (Wildman–Crippen MR) is 81.6 cm³/mol. The van der Waals surface area contributed by atoms with Gasteiger partial charge in [0.1, 0.15) is 0 Å². The minimum absolute atomic E-state index is 0.304. The van der Waals surface area contributed by atoms with E-state index in [0.717, 1.165) is 32.8 Å². The second-order valence-electron chi connectivity index (χ2n) is 5.95. The lowest BCUT2D eigenvalue weighted by Gasteiger charge is -2.40. The summed E-state index contributed by atoms with van der Waals surface area (Å²) in [7, 11) is 0. The highest BCUT2D eigenvalue weighted by molar-refractivity contribution is 5.75. The molecule has 20 heavy (non-hydrogen) atoms. The van der Waals surface area contributed by atoms with Crippen molar-refractivity contribution in [1.29, 1.82) is 0 Å². The molecule has 2 saturated heterocycles. The van der Waals surface area contributed by atoms with Crippen LogP contribution >= 0.6 is 0 Å². The minimum atomic E-state index is 0.304. The molecule has 0 aromatic rings. The van der Waals surface area contributed by atoms with Gasteiger partial charge in [-0.15, -0.1) is 0 Å². The highest BCUT2D eigenvalue weighted by atomic mass is 16.2. The number of piperazine rings is 2. The molecule has 0 aromatic heterocycles. The third-order valence-corrected chi connectivity index (χ3v) is 4.43. The molecule has 2 fully saturated rings. The van der Waals surface area contributed by atoms with E-state index in [2.05, 4.69) is 21.6 Å². The van der Waals surface area contributed by atoms with Crippen LogP contribution in [0.1, 0.15) is 26.7 Å². The van der Waals surface area contributed by atoms with Crippen LogP contribution in [0.15, 0.2) is 0 Å². The molecule has 5 heteroatoms. The Morgan fingerprint density at radius 1 is 0.800 bits per heavy atom. The van der Waals surface area contributed by atoms with Crippen molar-refractivity contribution in [1.82, 2.24) is 19.6 Å². The van der Waals surface area contributed by atoms with Crippen LogP contribution in [-0.4, -0.2) is 91.1 Å². The van der Waals surface area contributed by atoms with Crippen LogP contribution in [0, 0.1) is 0 Å². The fraction of sp³-hybridized carbons (Fsp3) is 0.933. The van der Waals surface area contributed by atoms with Gasteiger partial charge in [-0.2, -0.15) is 0 Å². The molecule has 1 amide bonds. The Balaban J connectivity index is 1.65. The summed E-state index contributed by atoms with van der Waals surface area (Å²) in [6.45, 7) is 15.2. The van der Waals surface area contributed by atoms with Crippen molar-refractivity contribution in [3.63, 3.8) is 0 Å². The highest BCUT2D eigenvalue weighted by Gasteiger charge is 2.23. The molecule has 2 heterocycles. The average Bonchev–Trinajstić information content (AvgIpc) is 2.49. The van der Waals surface area contributed by atoms with Gasteiger partial charge in [-0.1, -0.05) is 13.8 Å². The van der Waals surface area contributed by atoms with Crippen molar-refractivity contribution in [2.45, 2.75) is 26.7 Å². The SMILES string of the molecule is CCCN1CCN(CN2CCN(C(=O)CC)CC2)CC1. The van der Waals surface area contributed by atoms with Crippen LogP contribution in [0.25, 0.3) is 0 Å². The van der Waals surface area contributed by atoms with E-state index in [4.69, 9.17) is 0 Å². The molecule has 2 aliphatic rings. The molecule has 5 nitrogen and oxygen atoms in total. The molecule has 0 atom stereocenters. The Morgan fingerprint density at radius 3 is 1.80 bits per heavy atom. The van der Waals surface area contributed by atoms with Gasteiger partial charge in [0, 0.05) is 58.8 Å². The summed E-state index contributed by atoms with van der Waals surface area (Å²) in [5.41, 5.74) is 0. The van der Waals surface area contributed by atoms with Crippen LogP contribution < -0.4 is 0 Å². The van der Waals surface area contributed by atoms with Crippen molar-refractivity contribution >= 4 is 5.91 Å². The van der Waals surface area contributed by atoms with Gasteiger partial charge in [-0.05, 0) is 13.0 Å². The Morgan fingerprint density at radius 2 is 1.30 bits per heavy atom. The first-order valence-electron chi connectivity index (χ1n) is 8.17. The number of amides is 1. The zero-order chi connectivity index (χ0) is 14.4. The van der Waals surface area contributed by atoms with E-state index in [1.165, 1.54) is 39.1 Å². The molecular weight excluding hydrogens is 252 g/mol. The molecule has 0 aromatic carbocycles. The lowest BCUT2D eigenvalue weighted by atomic mass is 10.2. The largest absolute Gasteiger partial charge is 0.340 e. The average molecular weight is 282 g/mol. The molecule has 2 rings (SSSR count). The molecule has 0 spiro atoms. The smallest absolute Gasteiger partial charge is 0.222 e. The van der Waals surface area contributed by atoms with Gasteiger partial charge in [-0.25, -0.2) is 0 Å². The van der Waals surface area contributed by atoms with Crippen molar-refractivity contribution in [3.05, 3.63) is 0 Å². The van der Waals surface area contributed by atoms with Gasteiger partial charge in [0.2, 0.25) is 5.91 Å². The van der Waals surface area contributed by atoms with Gasteiger partial charge >= 0.3 is 0 Å². The van der Waals surface area contributed by atoms with Crippen LogP contribution in [0.2, 0.25) is 0 Å². The fourth-order valence-electron chi connectivity index (χ4n) is 3.12. The molecule has 0 N–H and O–H groups in total. The Kier molecular flexibility index (Phi) is 6.26. The molecular formula is C15H30N4O. The van der Waals surface area contributed by atoms with Gasteiger partial charge in [0.25, 0.3) is 0 Å². The van der Waals surface area contributed by atoms with E-state index in [9.17, 15) is 4.79 Å². The summed E-state index contributed by atoms with van der Waals surface area (Å²) in [4.78, 5) is 21.3. The van der Waals surface area contributed by atoms with Crippen LogP contribution in [-0.2, 0) is 4.79 Å². The predicted octanol–water partition coefficient (Wildman–Crippen LogP) is 0.526. The first-order valence-corrected chi connectivity index (χ1v) is 8.17. The summed E-state index contributed by atoms with van der Waals surface area (Å²) in [6.07, 6.45) is 1.90. The first kappa shape index (κ1) is 15.7. The zero-order valence-corrected chi connectivity index (χ0v) is 13.2. The molecule has 0 saturated carbocycles. The summed E-state index contributed by atoms with van der Waals surface area (Å²) in [6, 6.07) is 0. The van der Waals surface area contributed by atoms with E-state index in [1.54, 1.807) is 0 Å². The lowest BCUT2D eigenvalue weighted by Crippen LogP contribution is -2.54. The van der Waals surface area contributed by atoms with E-state index in [-0.39, 0.29) is 0 Å². The fourth-order valence-corrected chi connectivity index (χ4v) is 3.12. The Hall–Kier alpha value is -0.650. The number of hydrogen-bond donors (Lipinski definition) is 0. The maximum atomic E-state index is 11.7. The number of nitrogens with zero attached hydrogens (tertiary/aromatic N) is 4. The number of hydrogen-bond acceptors (Lipinski definition) is 4. The van der Waals surface area contributed by atoms with Gasteiger partial charge < -0.3 is 9.80 Å². The number of rotatable bonds is 5. The number of carbonyl (C=O) groups is 1. The molecule has 0 radical (unpaired) electrons. The quantitative estimate of drug-likeness (QED) is 0.736. The molecule has 0 aliphatic carbocycles. The first-order chi connectivity index (χ1) is 9.72. The second kappa shape index (κ2) is 7.96. The Labute approximate surface area is 123 Å². The minimum Gasteiger partial charge on any atom is -0.340 e. The monoisotopic (exact) mass is 282 g/mol. The van der Waals surface area contributed by atoms with Crippen LogP contribution in [0.5, 0.6) is 0 Å². The molecule has 0 unspecified atom stereocenters. The summed E-state index contributed by atoms with van der Waals surface area (Å²) >= 11 is 0. The van der Waals surface area contributed by atoms with E-state index >= 15 is 0 Å². The van der Waals surface area contributed by atoms with Crippen LogP contribution in [0.3, 0.4) is 0 Å². The van der Waals surface area contributed by atoms with Gasteiger partial charge in [0.05, 0.1) is 6.67 Å². The van der Waals surface area contributed by atoms with E-state index in [1.807, 2.05) is 11.8 Å². The third kappa shape index (κ3) is 4.43. The standard InChI is InChI=1S/C15H30N4O/c1-3-5-16-6-8-17(9-7-16)14-18-10-12-19(13-11-18)15(20)4-2/h3-14H2,1-2H3. The normalized spacial score (nSPS) is 23.2. The third-order valence-electron chi connectivity index (χ3n) is 4.43. The topological polar surface area (TPSA) is 30.0 Å². The second-order valence-corrected chi connectivity index (χ2v) is 5.95. The van der Waals surface area contributed by atoms with E-state index in [0.29, 0.717) is 12.3 Å². The van der Waals surface area contributed by atoms with Gasteiger partial charge in [0.15, 0.2) is 0 Å². The van der Waals surface area contributed by atoms with Gasteiger partial charge in [-0.3, -0.25) is 14.6 Å². The number of carbonyl (C=O) groups excluding carboxylic acids is 1. The molecule has 0 bridgehead atoms. The summed E-state index contributed by atoms with van der Waals surface area (Å²) < 4.78 is 0. The van der Waals surface area contributed by atoms with Crippen LogP contribution in [0.4, 0.5) is 0 Å². The molecule has 116 valence electrons. The van der Waals surface area contributed by atoms with E-state index < -0.39 is 0 Å². The summed E-state index contributed by atoms with van der Waals surface area (Å²) in [5.74, 6) is 0.304. The maximum Gasteiger partial charge on any atom is 0.222 e. The lowest BCUT2D eigenvalue weighted by molar-refractivity contribution is -0.132. The summed E-state index contributed by atoms with van der Waals surface area (Å²) in [5, 5.41) is 0. The van der Waals surface area contributed by atoms with Crippen molar-refractivity contribution in [2.75, 3.05) is 65.6 Å². The highest BCUT2D eigenvalue weighted by Crippen LogP contribution is 2.07. The maximum absolute atomic E-state index is 11.7. The Bertz CT molecular complexity index is 294. The molecule has 2 aliphatic heterocycles. The van der Waals surface area contributed by atoms with Crippen molar-refractivity contribution in [2.24, 2.45) is 0 Å². The van der Waals surface area contributed by atoms with Crippen molar-refractivity contribution in [3.8, 4) is 0 Å². The van der Waals surface area contributed by atoms with Crippen molar-refractivity contribution < 1.29 is 4.79 Å². The zero-order valence-electron chi connectivity index (χ0n) is 13.2.